The van der Waals surface area contributed by atoms with Crippen LogP contribution in [0.2, 0.25) is 0 Å². The van der Waals surface area contributed by atoms with E-state index in [1.807, 2.05) is 0 Å². The van der Waals surface area contributed by atoms with Gasteiger partial charge >= 0.3 is 34.7 Å². The fourth-order valence-corrected chi connectivity index (χ4v) is 1.52. The van der Waals surface area contributed by atoms with Crippen molar-refractivity contribution in [2.45, 2.75) is 0 Å². The van der Waals surface area contributed by atoms with Crippen molar-refractivity contribution in [2.75, 3.05) is 39.3 Å². The van der Waals surface area contributed by atoms with Gasteiger partial charge in [-0.25, -0.2) is 0 Å². The average Bonchev–Trinajstić information content (AvgIpc) is 1.92. The SMILES string of the molecule is C1CN2CCN1CC2.[Al+3].[Al+3].[CH3-].[CH3-].[CH3-].[CH3-].[CH3-].[CH3-]. The maximum Gasteiger partial charge on any atom is 3.00 e. The molecule has 0 aliphatic carbocycles. The Labute approximate surface area is 128 Å². The smallest absolute Gasteiger partial charge is 0.358 e. The minimum Gasteiger partial charge on any atom is -0.358 e. The molecule has 3 aliphatic rings. The normalized spacial score (nSPS) is 22.5. The summed E-state index contributed by atoms with van der Waals surface area (Å²) in [6.45, 7) is 7.92. The molecule has 3 saturated heterocycles. The van der Waals surface area contributed by atoms with Crippen LogP contribution in [0.1, 0.15) is 0 Å². The molecule has 3 aliphatic heterocycles. The second kappa shape index (κ2) is 21.3. The molecule has 0 spiro atoms. The van der Waals surface area contributed by atoms with E-state index in [9.17, 15) is 0 Å². The van der Waals surface area contributed by atoms with Crippen molar-refractivity contribution in [2.24, 2.45) is 0 Å². The van der Waals surface area contributed by atoms with Crippen LogP contribution in [-0.2, 0) is 0 Å². The molecule has 0 aromatic carbocycles. The average molecular weight is 256 g/mol. The topological polar surface area (TPSA) is 6.48 Å². The van der Waals surface area contributed by atoms with E-state index in [0.717, 1.165) is 0 Å². The maximum absolute atomic E-state index is 2.54. The van der Waals surface area contributed by atoms with Crippen molar-refractivity contribution in [1.29, 1.82) is 0 Å². The first-order valence-electron chi connectivity index (χ1n) is 3.40. The number of hydrogen-bond donors (Lipinski definition) is 0. The summed E-state index contributed by atoms with van der Waals surface area (Å²) in [4.78, 5) is 5.08. The third-order valence-electron chi connectivity index (χ3n) is 2.20. The number of hydrogen-bond acceptors (Lipinski definition) is 2. The molecule has 0 radical (unpaired) electrons. The van der Waals surface area contributed by atoms with Crippen LogP contribution in [0.4, 0.5) is 0 Å². The molecule has 3 heterocycles. The van der Waals surface area contributed by atoms with E-state index >= 15 is 0 Å². The van der Waals surface area contributed by atoms with Crippen molar-refractivity contribution in [3.63, 3.8) is 0 Å². The predicted molar refractivity (Wildman–Crippen MR) is 82.9 cm³/mol. The monoisotopic (exact) mass is 256 g/mol. The van der Waals surface area contributed by atoms with Crippen LogP contribution in [0, 0.1) is 44.6 Å². The fraction of sp³-hybridized carbons (Fsp3) is 0.500. The van der Waals surface area contributed by atoms with E-state index in [4.69, 9.17) is 0 Å². The molecule has 3 rings (SSSR count). The van der Waals surface area contributed by atoms with E-state index in [-0.39, 0.29) is 79.3 Å². The van der Waals surface area contributed by atoms with Gasteiger partial charge in [0.1, 0.15) is 0 Å². The predicted octanol–water partition coefficient (Wildman–Crippen LogP) is 1.56. The fourth-order valence-electron chi connectivity index (χ4n) is 1.52. The summed E-state index contributed by atoms with van der Waals surface area (Å²) in [5.41, 5.74) is 0. The third-order valence-corrected chi connectivity index (χ3v) is 2.20. The Kier molecular flexibility index (Phi) is 57.9. The van der Waals surface area contributed by atoms with Crippen molar-refractivity contribution in [1.82, 2.24) is 9.80 Å². The molecular formula is C12H30Al2N2. The molecule has 0 saturated carbocycles. The summed E-state index contributed by atoms with van der Waals surface area (Å²) >= 11 is 0. The largest absolute Gasteiger partial charge is 3.00 e. The van der Waals surface area contributed by atoms with Crippen LogP contribution >= 0.6 is 0 Å². The van der Waals surface area contributed by atoms with Gasteiger partial charge in [0.05, 0.1) is 0 Å². The summed E-state index contributed by atoms with van der Waals surface area (Å²) in [5.74, 6) is 0. The van der Waals surface area contributed by atoms with E-state index in [1.165, 1.54) is 39.3 Å². The van der Waals surface area contributed by atoms with Crippen LogP contribution in [0.5, 0.6) is 0 Å². The van der Waals surface area contributed by atoms with Crippen molar-refractivity contribution < 1.29 is 0 Å². The zero-order valence-electron chi connectivity index (χ0n) is 12.3. The van der Waals surface area contributed by atoms with Crippen molar-refractivity contribution in [3.05, 3.63) is 44.6 Å². The van der Waals surface area contributed by atoms with E-state index < -0.39 is 0 Å². The van der Waals surface area contributed by atoms with Gasteiger partial charge in [-0.1, -0.05) is 0 Å². The van der Waals surface area contributed by atoms with Gasteiger partial charge in [-0.3, -0.25) is 9.80 Å². The van der Waals surface area contributed by atoms with Crippen LogP contribution in [0.15, 0.2) is 0 Å². The van der Waals surface area contributed by atoms with E-state index in [0.29, 0.717) is 0 Å². The van der Waals surface area contributed by atoms with Crippen molar-refractivity contribution >= 4 is 34.7 Å². The van der Waals surface area contributed by atoms with Crippen LogP contribution in [0.3, 0.4) is 0 Å². The molecule has 0 unspecified atom stereocenters. The molecule has 0 N–H and O–H groups in total. The minimum atomic E-state index is 0. The van der Waals surface area contributed by atoms with Crippen LogP contribution in [-0.4, -0.2) is 83.8 Å². The zero-order valence-corrected chi connectivity index (χ0v) is 14.6. The quantitative estimate of drug-likeness (QED) is 0.479. The van der Waals surface area contributed by atoms with Crippen LogP contribution < -0.4 is 0 Å². The summed E-state index contributed by atoms with van der Waals surface area (Å²) < 4.78 is 0. The first-order chi connectivity index (χ1) is 3.95. The maximum atomic E-state index is 2.54. The molecule has 3 fully saturated rings. The molecule has 0 amide bonds. The summed E-state index contributed by atoms with van der Waals surface area (Å²) in [5, 5.41) is 0. The second-order valence-corrected chi connectivity index (χ2v) is 2.68. The second-order valence-electron chi connectivity index (χ2n) is 2.68. The third kappa shape index (κ3) is 11.5. The standard InChI is InChI=1S/C6H12N2.6CH3.2Al/c1-2-8-5-3-7(1)4-6-8;;;;;;;;/h1-6H2;6*1H3;;/q;6*-1;2*+3. The van der Waals surface area contributed by atoms with Gasteiger partial charge in [-0.05, 0) is 0 Å². The molecule has 0 aromatic heterocycles. The van der Waals surface area contributed by atoms with Crippen molar-refractivity contribution in [3.8, 4) is 0 Å². The first-order valence-corrected chi connectivity index (χ1v) is 3.40. The Balaban J connectivity index is -0.0000000202. The van der Waals surface area contributed by atoms with E-state index in [1.54, 1.807) is 0 Å². The van der Waals surface area contributed by atoms with Gasteiger partial charge < -0.3 is 44.6 Å². The summed E-state index contributed by atoms with van der Waals surface area (Å²) in [6, 6.07) is 0. The molecule has 2 nitrogen and oxygen atoms in total. The molecule has 94 valence electrons. The van der Waals surface area contributed by atoms with Gasteiger partial charge in [-0.2, -0.15) is 0 Å². The number of piperazine rings is 3. The molecule has 4 heteroatoms. The molecule has 2 bridgehead atoms. The first kappa shape index (κ1) is 43.5. The minimum absolute atomic E-state index is 0. The van der Waals surface area contributed by atoms with E-state index in [2.05, 4.69) is 9.80 Å². The number of rotatable bonds is 0. The van der Waals surface area contributed by atoms with Gasteiger partial charge in [0, 0.05) is 39.3 Å². The summed E-state index contributed by atoms with van der Waals surface area (Å²) in [6.07, 6.45) is 0. The Morgan fingerprint density at radius 2 is 0.500 bits per heavy atom. The Hall–Kier alpha value is 0.985. The van der Waals surface area contributed by atoms with Gasteiger partial charge in [-0.15, -0.1) is 0 Å². The molecule has 0 atom stereocenters. The number of nitrogens with zero attached hydrogens (tertiary/aromatic N) is 2. The molecule has 0 aromatic rings. The zero-order chi connectivity index (χ0) is 5.40. The molecular weight excluding hydrogens is 226 g/mol. The Morgan fingerprint density at radius 3 is 0.562 bits per heavy atom. The van der Waals surface area contributed by atoms with Gasteiger partial charge in [0.15, 0.2) is 0 Å². The molecule has 16 heavy (non-hydrogen) atoms. The van der Waals surface area contributed by atoms with Crippen LogP contribution in [0.25, 0.3) is 0 Å². The number of fused-ring (bicyclic) bond motifs is 3. The van der Waals surface area contributed by atoms with Gasteiger partial charge in [0.2, 0.25) is 0 Å². The Morgan fingerprint density at radius 1 is 0.375 bits per heavy atom. The Bertz CT molecular complexity index is 72.0. The van der Waals surface area contributed by atoms with Gasteiger partial charge in [0.25, 0.3) is 0 Å². The summed E-state index contributed by atoms with van der Waals surface area (Å²) in [7, 11) is 0.